The predicted octanol–water partition coefficient (Wildman–Crippen LogP) is 3.19. The van der Waals surface area contributed by atoms with Gasteiger partial charge in [-0.1, -0.05) is 12.8 Å². The Morgan fingerprint density at radius 1 is 1.53 bits per heavy atom. The fourth-order valence-corrected chi connectivity index (χ4v) is 2.44. The number of ether oxygens (including phenoxy) is 1. The van der Waals surface area contributed by atoms with Crippen LogP contribution in [-0.4, -0.2) is 12.1 Å². The second-order valence-corrected chi connectivity index (χ2v) is 4.30. The van der Waals surface area contributed by atoms with E-state index in [2.05, 4.69) is 11.1 Å². The molecule has 0 amide bonds. The van der Waals surface area contributed by atoms with Gasteiger partial charge in [0.25, 0.3) is 0 Å². The summed E-state index contributed by atoms with van der Waals surface area (Å²) < 4.78 is 5.12. The molecule has 0 aromatic carbocycles. The maximum Gasteiger partial charge on any atom is 0.213 e. The van der Waals surface area contributed by atoms with Crippen molar-refractivity contribution in [3.63, 3.8) is 0 Å². The highest BCUT2D eigenvalue weighted by molar-refractivity contribution is 5.70. The molecule has 88 valence electrons. The standard InChI is InChI=1S/C14H16N2O/c1-17-14-10-12(7-9-16-14)13(6-8-15)11-4-2-3-5-11/h6-7,9-11H,2-5H2,1H3. The Hall–Kier alpha value is -1.82. The smallest absolute Gasteiger partial charge is 0.213 e. The van der Waals surface area contributed by atoms with Crippen LogP contribution in [0.15, 0.2) is 24.4 Å². The molecule has 3 nitrogen and oxygen atoms in total. The first-order valence-corrected chi connectivity index (χ1v) is 5.95. The molecule has 0 unspecified atom stereocenters. The van der Waals surface area contributed by atoms with E-state index >= 15 is 0 Å². The number of allylic oxidation sites excluding steroid dienone is 2. The summed E-state index contributed by atoms with van der Waals surface area (Å²) in [7, 11) is 1.61. The molecule has 3 heteroatoms. The van der Waals surface area contributed by atoms with E-state index in [0.29, 0.717) is 11.8 Å². The fraction of sp³-hybridized carbons (Fsp3) is 0.429. The zero-order valence-corrected chi connectivity index (χ0v) is 10.0. The van der Waals surface area contributed by atoms with Gasteiger partial charge < -0.3 is 4.74 Å². The minimum atomic E-state index is 0.516. The molecule has 1 fully saturated rings. The highest BCUT2D eigenvalue weighted by atomic mass is 16.5. The molecule has 0 radical (unpaired) electrons. The van der Waals surface area contributed by atoms with Gasteiger partial charge in [-0.05, 0) is 36.0 Å². The van der Waals surface area contributed by atoms with Gasteiger partial charge in [0.1, 0.15) is 0 Å². The molecule has 0 atom stereocenters. The van der Waals surface area contributed by atoms with Crippen molar-refractivity contribution in [1.29, 1.82) is 5.26 Å². The molecule has 1 heterocycles. The van der Waals surface area contributed by atoms with E-state index < -0.39 is 0 Å². The normalized spacial score (nSPS) is 16.8. The van der Waals surface area contributed by atoms with Crippen molar-refractivity contribution in [2.45, 2.75) is 25.7 Å². The van der Waals surface area contributed by atoms with Crippen LogP contribution >= 0.6 is 0 Å². The zero-order valence-electron chi connectivity index (χ0n) is 10.0. The SMILES string of the molecule is COc1cc(C(=CC#N)C2CCCC2)ccn1. The van der Waals surface area contributed by atoms with Crippen molar-refractivity contribution in [2.24, 2.45) is 5.92 Å². The summed E-state index contributed by atoms with van der Waals surface area (Å²) in [6.07, 6.45) is 8.28. The molecule has 0 aliphatic heterocycles. The maximum absolute atomic E-state index is 8.91. The summed E-state index contributed by atoms with van der Waals surface area (Å²) in [5, 5.41) is 8.91. The quantitative estimate of drug-likeness (QED) is 0.746. The van der Waals surface area contributed by atoms with Crippen LogP contribution in [0, 0.1) is 17.2 Å². The van der Waals surface area contributed by atoms with E-state index in [0.717, 1.165) is 11.1 Å². The van der Waals surface area contributed by atoms with E-state index in [9.17, 15) is 0 Å². The van der Waals surface area contributed by atoms with E-state index in [1.807, 2.05) is 12.1 Å². The molecular weight excluding hydrogens is 212 g/mol. The van der Waals surface area contributed by atoms with E-state index in [1.54, 1.807) is 19.4 Å². The van der Waals surface area contributed by atoms with Gasteiger partial charge in [-0.3, -0.25) is 0 Å². The molecule has 17 heavy (non-hydrogen) atoms. The largest absolute Gasteiger partial charge is 0.481 e. The summed E-state index contributed by atoms with van der Waals surface area (Å²) in [5.74, 6) is 1.12. The monoisotopic (exact) mass is 228 g/mol. The topological polar surface area (TPSA) is 45.9 Å². The van der Waals surface area contributed by atoms with Crippen LogP contribution in [0.5, 0.6) is 5.88 Å². The number of rotatable bonds is 3. The molecule has 0 saturated heterocycles. The second kappa shape index (κ2) is 5.49. The van der Waals surface area contributed by atoms with E-state index in [4.69, 9.17) is 10.00 Å². The average molecular weight is 228 g/mol. The van der Waals surface area contributed by atoms with E-state index in [1.165, 1.54) is 25.7 Å². The van der Waals surface area contributed by atoms with Gasteiger partial charge in [0.15, 0.2) is 0 Å². The van der Waals surface area contributed by atoms with Gasteiger partial charge in [0, 0.05) is 18.3 Å². The molecule has 1 aromatic rings. The molecular formula is C14H16N2O. The number of methoxy groups -OCH3 is 1. The van der Waals surface area contributed by atoms with Crippen molar-refractivity contribution in [1.82, 2.24) is 4.98 Å². The lowest BCUT2D eigenvalue weighted by atomic mass is 9.91. The van der Waals surface area contributed by atoms with Gasteiger partial charge in [-0.2, -0.15) is 5.26 Å². The number of hydrogen-bond donors (Lipinski definition) is 0. The van der Waals surface area contributed by atoms with Crippen LogP contribution in [0.25, 0.3) is 5.57 Å². The van der Waals surface area contributed by atoms with Crippen molar-refractivity contribution in [3.05, 3.63) is 30.0 Å². The number of pyridine rings is 1. The van der Waals surface area contributed by atoms with Crippen LogP contribution in [0.4, 0.5) is 0 Å². The third-order valence-electron chi connectivity index (χ3n) is 3.29. The van der Waals surface area contributed by atoms with Crippen LogP contribution in [0.1, 0.15) is 31.2 Å². The third kappa shape index (κ3) is 2.65. The average Bonchev–Trinajstić information content (AvgIpc) is 2.89. The van der Waals surface area contributed by atoms with Crippen LogP contribution in [0.3, 0.4) is 0 Å². The predicted molar refractivity (Wildman–Crippen MR) is 66.3 cm³/mol. The summed E-state index contributed by atoms with van der Waals surface area (Å²) in [6, 6.07) is 6.01. The first kappa shape index (κ1) is 11.7. The van der Waals surface area contributed by atoms with Gasteiger partial charge in [0.2, 0.25) is 5.88 Å². The summed E-state index contributed by atoms with van der Waals surface area (Å²) in [5.41, 5.74) is 2.19. The highest BCUT2D eigenvalue weighted by Gasteiger charge is 2.20. The molecule has 1 aliphatic rings. The molecule has 0 N–H and O–H groups in total. The van der Waals surface area contributed by atoms with Gasteiger partial charge in [-0.25, -0.2) is 4.98 Å². The van der Waals surface area contributed by atoms with Gasteiger partial charge in [0.05, 0.1) is 13.2 Å². The minimum absolute atomic E-state index is 0.516. The summed E-state index contributed by atoms with van der Waals surface area (Å²) in [6.45, 7) is 0. The minimum Gasteiger partial charge on any atom is -0.481 e. The van der Waals surface area contributed by atoms with Crippen LogP contribution in [-0.2, 0) is 0 Å². The molecule has 0 spiro atoms. The Balaban J connectivity index is 2.32. The third-order valence-corrected chi connectivity index (χ3v) is 3.29. The van der Waals surface area contributed by atoms with Crippen molar-refractivity contribution >= 4 is 5.57 Å². The molecule has 1 aromatic heterocycles. The second-order valence-electron chi connectivity index (χ2n) is 4.30. The number of aromatic nitrogens is 1. The molecule has 1 saturated carbocycles. The Morgan fingerprint density at radius 3 is 2.94 bits per heavy atom. The maximum atomic E-state index is 8.91. The number of nitriles is 1. The van der Waals surface area contributed by atoms with Crippen LogP contribution < -0.4 is 4.74 Å². The Morgan fingerprint density at radius 2 is 2.29 bits per heavy atom. The Labute approximate surface area is 102 Å². The first-order chi connectivity index (χ1) is 8.35. The number of hydrogen-bond acceptors (Lipinski definition) is 3. The summed E-state index contributed by atoms with van der Waals surface area (Å²) in [4.78, 5) is 4.09. The summed E-state index contributed by atoms with van der Waals surface area (Å²) >= 11 is 0. The fourth-order valence-electron chi connectivity index (χ4n) is 2.44. The highest BCUT2D eigenvalue weighted by Crippen LogP contribution is 2.36. The molecule has 2 rings (SSSR count). The van der Waals surface area contributed by atoms with Crippen molar-refractivity contribution in [2.75, 3.05) is 7.11 Å². The number of nitrogens with zero attached hydrogens (tertiary/aromatic N) is 2. The van der Waals surface area contributed by atoms with Crippen molar-refractivity contribution in [3.8, 4) is 11.9 Å². The Bertz CT molecular complexity index is 454. The molecule has 0 bridgehead atoms. The van der Waals surface area contributed by atoms with E-state index in [-0.39, 0.29) is 0 Å². The lowest BCUT2D eigenvalue weighted by Gasteiger charge is -2.14. The first-order valence-electron chi connectivity index (χ1n) is 5.95. The molecule has 1 aliphatic carbocycles. The zero-order chi connectivity index (χ0) is 12.1. The van der Waals surface area contributed by atoms with Crippen molar-refractivity contribution < 1.29 is 4.74 Å². The van der Waals surface area contributed by atoms with Gasteiger partial charge >= 0.3 is 0 Å². The van der Waals surface area contributed by atoms with Gasteiger partial charge in [-0.15, -0.1) is 0 Å². The Kier molecular flexibility index (Phi) is 3.77. The lowest BCUT2D eigenvalue weighted by Crippen LogP contribution is -1.99. The van der Waals surface area contributed by atoms with Crippen LogP contribution in [0.2, 0.25) is 0 Å². The lowest BCUT2D eigenvalue weighted by molar-refractivity contribution is 0.397.